The number of carbonyl (C=O) groups is 1. The van der Waals surface area contributed by atoms with Crippen molar-refractivity contribution in [2.75, 3.05) is 26.3 Å². The van der Waals surface area contributed by atoms with Gasteiger partial charge in [-0.05, 0) is 31.5 Å². The number of morpholine rings is 1. The number of nitrogens with zero attached hydrogens (tertiary/aromatic N) is 1. The van der Waals surface area contributed by atoms with Crippen molar-refractivity contribution < 1.29 is 17.9 Å². The molecule has 0 spiro atoms. The zero-order valence-corrected chi connectivity index (χ0v) is 14.1. The van der Waals surface area contributed by atoms with Gasteiger partial charge in [0.1, 0.15) is 0 Å². The lowest BCUT2D eigenvalue weighted by atomic mass is 10.2. The summed E-state index contributed by atoms with van der Waals surface area (Å²) in [5, 5.41) is 0.370. The molecular formula is C14H19ClN2O4S. The number of benzene rings is 1. The molecule has 1 atom stereocenters. The van der Waals surface area contributed by atoms with Crippen LogP contribution in [0.4, 0.5) is 0 Å². The fourth-order valence-corrected chi connectivity index (χ4v) is 3.62. The first-order chi connectivity index (χ1) is 10.3. The Kier molecular flexibility index (Phi) is 5.44. The van der Waals surface area contributed by atoms with Gasteiger partial charge in [-0.2, -0.15) is 4.72 Å². The second-order valence-corrected chi connectivity index (χ2v) is 7.31. The van der Waals surface area contributed by atoms with E-state index in [0.29, 0.717) is 31.3 Å². The van der Waals surface area contributed by atoms with Gasteiger partial charge in [0.25, 0.3) is 0 Å². The van der Waals surface area contributed by atoms with Gasteiger partial charge < -0.3 is 9.64 Å². The van der Waals surface area contributed by atoms with E-state index in [2.05, 4.69) is 4.72 Å². The van der Waals surface area contributed by atoms with Crippen LogP contribution in [0.5, 0.6) is 0 Å². The molecule has 0 radical (unpaired) electrons. The summed E-state index contributed by atoms with van der Waals surface area (Å²) < 4.78 is 32.2. The summed E-state index contributed by atoms with van der Waals surface area (Å²) in [4.78, 5) is 13.9. The van der Waals surface area contributed by atoms with Crippen molar-refractivity contribution in [2.45, 2.75) is 24.8 Å². The minimum atomic E-state index is -3.80. The minimum absolute atomic E-state index is 0.0460. The number of sulfonamides is 1. The van der Waals surface area contributed by atoms with E-state index in [-0.39, 0.29) is 10.8 Å². The van der Waals surface area contributed by atoms with Crippen LogP contribution in [0.3, 0.4) is 0 Å². The van der Waals surface area contributed by atoms with Gasteiger partial charge in [0.05, 0.1) is 24.2 Å². The molecule has 2 rings (SSSR count). The molecule has 0 bridgehead atoms. The van der Waals surface area contributed by atoms with Crippen LogP contribution >= 0.6 is 11.6 Å². The molecule has 1 aromatic carbocycles. The second kappa shape index (κ2) is 6.95. The second-order valence-electron chi connectivity index (χ2n) is 5.19. The molecule has 1 saturated heterocycles. The monoisotopic (exact) mass is 346 g/mol. The molecule has 1 N–H and O–H groups in total. The van der Waals surface area contributed by atoms with Gasteiger partial charge in [-0.3, -0.25) is 4.79 Å². The largest absolute Gasteiger partial charge is 0.378 e. The maximum absolute atomic E-state index is 12.3. The number of hydrogen-bond acceptors (Lipinski definition) is 4. The van der Waals surface area contributed by atoms with E-state index >= 15 is 0 Å². The Labute approximate surface area is 135 Å². The lowest BCUT2D eigenvalue weighted by Crippen LogP contribution is -2.50. The number of aryl methyl sites for hydroxylation is 1. The van der Waals surface area contributed by atoms with Crippen LogP contribution in [0, 0.1) is 6.92 Å². The fourth-order valence-electron chi connectivity index (χ4n) is 2.15. The first-order valence-electron chi connectivity index (χ1n) is 6.96. The van der Waals surface area contributed by atoms with Gasteiger partial charge in [-0.15, -0.1) is 0 Å². The third-order valence-corrected chi connectivity index (χ3v) is 5.42. The van der Waals surface area contributed by atoms with Gasteiger partial charge in [0, 0.05) is 18.1 Å². The van der Waals surface area contributed by atoms with Crippen molar-refractivity contribution in [2.24, 2.45) is 0 Å². The van der Waals surface area contributed by atoms with E-state index in [1.165, 1.54) is 19.1 Å². The smallest absolute Gasteiger partial charge is 0.241 e. The van der Waals surface area contributed by atoms with Gasteiger partial charge in [0.2, 0.25) is 15.9 Å². The Morgan fingerprint density at radius 1 is 1.36 bits per heavy atom. The van der Waals surface area contributed by atoms with Crippen molar-refractivity contribution in [3.8, 4) is 0 Å². The maximum Gasteiger partial charge on any atom is 0.241 e. The molecule has 1 aliphatic rings. The predicted octanol–water partition coefficient (Wildman–Crippen LogP) is 1.17. The summed E-state index contributed by atoms with van der Waals surface area (Å²) in [6.45, 7) is 5.21. The quantitative estimate of drug-likeness (QED) is 0.888. The molecule has 0 unspecified atom stereocenters. The van der Waals surface area contributed by atoms with Crippen LogP contribution in [-0.2, 0) is 19.6 Å². The van der Waals surface area contributed by atoms with Crippen LogP contribution in [0.25, 0.3) is 0 Å². The van der Waals surface area contributed by atoms with E-state index < -0.39 is 16.1 Å². The minimum Gasteiger partial charge on any atom is -0.378 e. The number of nitrogens with one attached hydrogen (secondary N) is 1. The molecule has 122 valence electrons. The van der Waals surface area contributed by atoms with Crippen molar-refractivity contribution in [3.63, 3.8) is 0 Å². The molecule has 1 heterocycles. The first kappa shape index (κ1) is 17.2. The third kappa shape index (κ3) is 3.98. The fraction of sp³-hybridized carbons (Fsp3) is 0.500. The van der Waals surface area contributed by atoms with Gasteiger partial charge in [0.15, 0.2) is 0 Å². The molecule has 1 aromatic rings. The molecular weight excluding hydrogens is 328 g/mol. The molecule has 0 saturated carbocycles. The van der Waals surface area contributed by atoms with E-state index in [9.17, 15) is 13.2 Å². The number of rotatable bonds is 4. The zero-order valence-electron chi connectivity index (χ0n) is 12.5. The van der Waals surface area contributed by atoms with E-state index in [4.69, 9.17) is 16.3 Å². The Hall–Kier alpha value is -1.15. The molecule has 1 aliphatic heterocycles. The van der Waals surface area contributed by atoms with Crippen molar-refractivity contribution >= 4 is 27.5 Å². The van der Waals surface area contributed by atoms with Crippen LogP contribution < -0.4 is 4.72 Å². The highest BCUT2D eigenvalue weighted by atomic mass is 35.5. The van der Waals surface area contributed by atoms with E-state index in [0.717, 1.165) is 5.56 Å². The van der Waals surface area contributed by atoms with Crippen LogP contribution in [0.1, 0.15) is 12.5 Å². The zero-order chi connectivity index (χ0) is 16.3. The van der Waals surface area contributed by atoms with E-state index in [1.807, 2.05) is 0 Å². The van der Waals surface area contributed by atoms with Crippen LogP contribution in [0.15, 0.2) is 23.1 Å². The number of hydrogen-bond donors (Lipinski definition) is 1. The molecule has 0 aromatic heterocycles. The maximum atomic E-state index is 12.3. The SMILES string of the molecule is Cc1ccc(S(=O)(=O)N[C@@H](C)C(=O)N2CCOCC2)cc1Cl. The molecule has 8 heteroatoms. The topological polar surface area (TPSA) is 75.7 Å². The molecule has 6 nitrogen and oxygen atoms in total. The lowest BCUT2D eigenvalue weighted by Gasteiger charge is -2.29. The summed E-state index contributed by atoms with van der Waals surface area (Å²) in [5.74, 6) is -0.259. The lowest BCUT2D eigenvalue weighted by molar-refractivity contribution is -0.136. The van der Waals surface area contributed by atoms with Gasteiger partial charge in [-0.1, -0.05) is 17.7 Å². The Balaban J connectivity index is 2.10. The Morgan fingerprint density at radius 2 is 2.00 bits per heavy atom. The van der Waals surface area contributed by atoms with Crippen molar-refractivity contribution in [3.05, 3.63) is 28.8 Å². The first-order valence-corrected chi connectivity index (χ1v) is 8.82. The number of ether oxygens (including phenoxy) is 1. The standard InChI is InChI=1S/C14H19ClN2O4S/c1-10-3-4-12(9-13(10)15)22(19,20)16-11(2)14(18)17-5-7-21-8-6-17/h3-4,9,11,16H,5-8H2,1-2H3/t11-/m0/s1. The van der Waals surface area contributed by atoms with Gasteiger partial charge >= 0.3 is 0 Å². The summed E-state index contributed by atoms with van der Waals surface area (Å²) >= 11 is 5.96. The highest BCUT2D eigenvalue weighted by molar-refractivity contribution is 7.89. The van der Waals surface area contributed by atoms with E-state index in [1.54, 1.807) is 17.9 Å². The average molecular weight is 347 g/mol. The normalized spacial score (nSPS) is 17.3. The summed E-state index contributed by atoms with van der Waals surface area (Å²) in [6.07, 6.45) is 0. The summed E-state index contributed by atoms with van der Waals surface area (Å²) in [7, 11) is -3.80. The summed E-state index contributed by atoms with van der Waals surface area (Å²) in [6, 6.07) is 3.63. The molecule has 22 heavy (non-hydrogen) atoms. The number of amides is 1. The summed E-state index contributed by atoms with van der Waals surface area (Å²) in [5.41, 5.74) is 0.790. The number of carbonyl (C=O) groups excluding carboxylic acids is 1. The third-order valence-electron chi connectivity index (χ3n) is 3.48. The molecule has 1 amide bonds. The van der Waals surface area contributed by atoms with Crippen LogP contribution in [0.2, 0.25) is 5.02 Å². The Bertz CT molecular complexity index is 657. The Morgan fingerprint density at radius 3 is 2.59 bits per heavy atom. The molecule has 0 aliphatic carbocycles. The van der Waals surface area contributed by atoms with Crippen molar-refractivity contribution in [1.82, 2.24) is 9.62 Å². The number of halogens is 1. The average Bonchev–Trinajstić information content (AvgIpc) is 2.49. The highest BCUT2D eigenvalue weighted by Gasteiger charge is 2.27. The van der Waals surface area contributed by atoms with Gasteiger partial charge in [-0.25, -0.2) is 8.42 Å². The van der Waals surface area contributed by atoms with Crippen molar-refractivity contribution in [1.29, 1.82) is 0 Å². The molecule has 1 fully saturated rings. The van der Waals surface area contributed by atoms with Crippen LogP contribution in [-0.4, -0.2) is 51.6 Å². The predicted molar refractivity (Wildman–Crippen MR) is 83.4 cm³/mol. The highest BCUT2D eigenvalue weighted by Crippen LogP contribution is 2.20.